The van der Waals surface area contributed by atoms with E-state index in [9.17, 15) is 4.79 Å². The maximum atomic E-state index is 11.3. The van der Waals surface area contributed by atoms with Gasteiger partial charge in [-0.15, -0.1) is 11.3 Å². The molecule has 72 valence electrons. The average molecular weight is 199 g/mol. The Morgan fingerprint density at radius 2 is 2.62 bits per heavy atom. The van der Waals surface area contributed by atoms with Gasteiger partial charge in [-0.2, -0.15) is 0 Å². The van der Waals surface area contributed by atoms with Crippen LogP contribution >= 0.6 is 11.3 Å². The molecule has 0 spiro atoms. The highest BCUT2D eigenvalue weighted by molar-refractivity contribution is 7.11. The van der Waals surface area contributed by atoms with E-state index in [4.69, 9.17) is 5.73 Å². The van der Waals surface area contributed by atoms with Crippen LogP contribution in [-0.2, 0) is 0 Å². The first-order valence-electron chi connectivity index (χ1n) is 4.10. The molecule has 1 atom stereocenters. The number of carbonyl (C=O) groups excluding carboxylic acids is 1. The lowest BCUT2D eigenvalue weighted by Gasteiger charge is -2.08. The maximum Gasteiger partial charge on any atom is 0.263 e. The van der Waals surface area contributed by atoms with E-state index in [1.165, 1.54) is 11.3 Å². The van der Waals surface area contributed by atoms with E-state index in [1.54, 1.807) is 11.7 Å². The molecule has 0 saturated heterocycles. The number of carbonyl (C=O) groups is 1. The van der Waals surface area contributed by atoms with Gasteiger partial charge >= 0.3 is 0 Å². The van der Waals surface area contributed by atoms with E-state index in [1.807, 2.05) is 6.92 Å². The van der Waals surface area contributed by atoms with Gasteiger partial charge in [-0.25, -0.2) is 0 Å². The van der Waals surface area contributed by atoms with Crippen LogP contribution in [-0.4, -0.2) is 24.0 Å². The summed E-state index contributed by atoms with van der Waals surface area (Å²) in [4.78, 5) is 15.8. The Morgan fingerprint density at radius 1 is 1.85 bits per heavy atom. The van der Waals surface area contributed by atoms with E-state index in [-0.39, 0.29) is 5.91 Å². The quantitative estimate of drug-likeness (QED) is 0.740. The molecule has 1 heterocycles. The predicted octanol–water partition coefficient (Wildman–Crippen LogP) is 0.468. The highest BCUT2D eigenvalue weighted by Gasteiger charge is 2.07. The molecule has 0 bridgehead atoms. The van der Waals surface area contributed by atoms with E-state index in [2.05, 4.69) is 10.3 Å². The van der Waals surface area contributed by atoms with Gasteiger partial charge in [0.15, 0.2) is 0 Å². The number of aromatic nitrogens is 1. The molecule has 0 aliphatic rings. The summed E-state index contributed by atoms with van der Waals surface area (Å²) >= 11 is 1.34. The fourth-order valence-electron chi connectivity index (χ4n) is 0.765. The lowest BCUT2D eigenvalue weighted by Crippen LogP contribution is -2.30. The monoisotopic (exact) mass is 199 g/mol. The normalized spacial score (nSPS) is 12.5. The zero-order chi connectivity index (χ0) is 9.68. The molecular weight excluding hydrogens is 186 g/mol. The fraction of sp³-hybridized carbons (Fsp3) is 0.500. The molecule has 3 N–H and O–H groups in total. The number of rotatable bonds is 4. The van der Waals surface area contributed by atoms with Gasteiger partial charge in [-0.1, -0.05) is 6.92 Å². The molecule has 1 aromatic heterocycles. The van der Waals surface area contributed by atoms with Crippen molar-refractivity contribution in [2.24, 2.45) is 11.7 Å². The van der Waals surface area contributed by atoms with Gasteiger partial charge in [0.1, 0.15) is 4.88 Å². The van der Waals surface area contributed by atoms with E-state index < -0.39 is 0 Å². The Labute approximate surface area is 81.2 Å². The number of amides is 1. The molecule has 0 fully saturated rings. The first-order valence-corrected chi connectivity index (χ1v) is 4.98. The topological polar surface area (TPSA) is 68.0 Å². The van der Waals surface area contributed by atoms with Crippen molar-refractivity contribution < 1.29 is 4.79 Å². The van der Waals surface area contributed by atoms with Crippen LogP contribution in [0.25, 0.3) is 0 Å². The molecule has 1 unspecified atom stereocenters. The SMILES string of the molecule is CC(CN)CNC(=O)c1cncs1. The summed E-state index contributed by atoms with van der Waals surface area (Å²) in [5.41, 5.74) is 7.06. The third-order valence-electron chi connectivity index (χ3n) is 1.67. The lowest BCUT2D eigenvalue weighted by molar-refractivity contribution is 0.0952. The molecule has 0 aliphatic heterocycles. The highest BCUT2D eigenvalue weighted by Crippen LogP contribution is 2.04. The highest BCUT2D eigenvalue weighted by atomic mass is 32.1. The number of nitrogens with one attached hydrogen (secondary N) is 1. The van der Waals surface area contributed by atoms with Crippen molar-refractivity contribution in [3.05, 3.63) is 16.6 Å². The largest absolute Gasteiger partial charge is 0.351 e. The van der Waals surface area contributed by atoms with Gasteiger partial charge in [0.05, 0.1) is 11.7 Å². The fourth-order valence-corrected chi connectivity index (χ4v) is 1.30. The standard InChI is InChI=1S/C8H13N3OS/c1-6(2-9)3-11-8(12)7-4-10-5-13-7/h4-6H,2-3,9H2,1H3,(H,11,12). The van der Waals surface area contributed by atoms with Gasteiger partial charge in [0.2, 0.25) is 0 Å². The molecule has 13 heavy (non-hydrogen) atoms. The van der Waals surface area contributed by atoms with Crippen LogP contribution in [0.3, 0.4) is 0 Å². The summed E-state index contributed by atoms with van der Waals surface area (Å²) in [5.74, 6) is 0.250. The Bertz CT molecular complexity index is 260. The third-order valence-corrected chi connectivity index (χ3v) is 2.44. The van der Waals surface area contributed by atoms with Crippen molar-refractivity contribution in [3.8, 4) is 0 Å². The molecule has 1 amide bonds. The first kappa shape index (κ1) is 10.1. The second-order valence-corrected chi connectivity index (χ2v) is 3.80. The first-order chi connectivity index (χ1) is 6.24. The van der Waals surface area contributed by atoms with Crippen LogP contribution in [0.2, 0.25) is 0 Å². The Balaban J connectivity index is 2.35. The molecule has 1 rings (SSSR count). The molecule has 0 aromatic carbocycles. The molecule has 0 aliphatic carbocycles. The van der Waals surface area contributed by atoms with Gasteiger partial charge in [0.25, 0.3) is 5.91 Å². The van der Waals surface area contributed by atoms with Crippen LogP contribution in [0.4, 0.5) is 0 Å². The van der Waals surface area contributed by atoms with Crippen LogP contribution in [0, 0.1) is 5.92 Å². The number of nitrogens with zero attached hydrogens (tertiary/aromatic N) is 1. The van der Waals surface area contributed by atoms with Crippen LogP contribution in [0.5, 0.6) is 0 Å². The van der Waals surface area contributed by atoms with Crippen LogP contribution < -0.4 is 11.1 Å². The minimum Gasteiger partial charge on any atom is -0.351 e. The Morgan fingerprint density at radius 3 is 3.15 bits per heavy atom. The second-order valence-electron chi connectivity index (χ2n) is 2.92. The van der Waals surface area contributed by atoms with Crippen molar-refractivity contribution >= 4 is 17.2 Å². The van der Waals surface area contributed by atoms with Crippen molar-refractivity contribution in [1.29, 1.82) is 0 Å². The lowest BCUT2D eigenvalue weighted by atomic mass is 10.2. The van der Waals surface area contributed by atoms with E-state index in [0.717, 1.165) is 0 Å². The van der Waals surface area contributed by atoms with Crippen LogP contribution in [0.1, 0.15) is 16.6 Å². The molecule has 0 saturated carbocycles. The zero-order valence-corrected chi connectivity index (χ0v) is 8.30. The molecular formula is C8H13N3OS. The number of thiazole rings is 1. The second kappa shape index (κ2) is 4.94. The van der Waals surface area contributed by atoms with Crippen molar-refractivity contribution in [3.63, 3.8) is 0 Å². The van der Waals surface area contributed by atoms with Crippen molar-refractivity contribution in [2.45, 2.75) is 6.92 Å². The molecule has 5 heteroatoms. The minimum absolute atomic E-state index is 0.0669. The van der Waals surface area contributed by atoms with Gasteiger partial charge in [-0.3, -0.25) is 9.78 Å². The summed E-state index contributed by atoms with van der Waals surface area (Å²) < 4.78 is 0. The van der Waals surface area contributed by atoms with E-state index in [0.29, 0.717) is 23.9 Å². The summed E-state index contributed by atoms with van der Waals surface area (Å²) in [6, 6.07) is 0. The summed E-state index contributed by atoms with van der Waals surface area (Å²) in [6.07, 6.45) is 1.56. The summed E-state index contributed by atoms with van der Waals surface area (Å²) in [5, 5.41) is 2.79. The number of nitrogens with two attached hydrogens (primary N) is 1. The molecule has 0 radical (unpaired) electrons. The number of hydrogen-bond donors (Lipinski definition) is 2. The zero-order valence-electron chi connectivity index (χ0n) is 7.49. The maximum absolute atomic E-state index is 11.3. The molecule has 1 aromatic rings. The Hall–Kier alpha value is -0.940. The van der Waals surface area contributed by atoms with Crippen molar-refractivity contribution in [2.75, 3.05) is 13.1 Å². The third kappa shape index (κ3) is 3.12. The van der Waals surface area contributed by atoms with Gasteiger partial charge in [0, 0.05) is 6.54 Å². The smallest absolute Gasteiger partial charge is 0.263 e. The van der Waals surface area contributed by atoms with Crippen LogP contribution in [0.15, 0.2) is 11.7 Å². The average Bonchev–Trinajstić information content (AvgIpc) is 2.66. The van der Waals surface area contributed by atoms with Crippen molar-refractivity contribution in [1.82, 2.24) is 10.3 Å². The Kier molecular flexibility index (Phi) is 3.85. The van der Waals surface area contributed by atoms with Gasteiger partial charge in [-0.05, 0) is 12.5 Å². The van der Waals surface area contributed by atoms with E-state index >= 15 is 0 Å². The number of hydrogen-bond acceptors (Lipinski definition) is 4. The molecule has 4 nitrogen and oxygen atoms in total. The minimum atomic E-state index is -0.0669. The summed E-state index contributed by atoms with van der Waals surface area (Å²) in [7, 11) is 0. The summed E-state index contributed by atoms with van der Waals surface area (Å²) in [6.45, 7) is 3.20. The van der Waals surface area contributed by atoms with Gasteiger partial charge < -0.3 is 11.1 Å². The predicted molar refractivity (Wildman–Crippen MR) is 52.7 cm³/mol.